The first kappa shape index (κ1) is 32.3. The van der Waals surface area contributed by atoms with Gasteiger partial charge in [0.2, 0.25) is 11.8 Å². The van der Waals surface area contributed by atoms with E-state index in [1.54, 1.807) is 0 Å². The lowest BCUT2D eigenvalue weighted by Crippen LogP contribution is -2.57. The highest BCUT2D eigenvalue weighted by atomic mass is 16.6. The summed E-state index contributed by atoms with van der Waals surface area (Å²) >= 11 is 0. The minimum Gasteiger partial charge on any atom is -0.494 e. The molecule has 0 unspecified atom stereocenters. The Hall–Kier alpha value is -3.63. The predicted molar refractivity (Wildman–Crippen MR) is 161 cm³/mol. The molecule has 11 heteroatoms. The zero-order chi connectivity index (χ0) is 31.3. The first-order valence-corrected chi connectivity index (χ1v) is 15.5. The molecule has 1 saturated heterocycles. The molecule has 1 aromatic carbocycles. The maximum Gasteiger partial charge on any atom is 0.408 e. The Morgan fingerprint density at radius 1 is 1.09 bits per heavy atom. The number of carboxylic acid groups (broad SMARTS) is 1. The minimum atomic E-state index is -1.13. The first-order chi connectivity index (χ1) is 20.4. The van der Waals surface area contributed by atoms with Gasteiger partial charge in [0, 0.05) is 12.0 Å². The number of nitrogens with one attached hydrogen (secondary N) is 1. The summed E-state index contributed by atoms with van der Waals surface area (Å²) < 4.78 is 17.8. The van der Waals surface area contributed by atoms with Crippen LogP contribution >= 0.6 is 0 Å². The molecule has 236 valence electrons. The summed E-state index contributed by atoms with van der Waals surface area (Å²) in [7, 11) is 0. The number of aliphatic carboxylic acids is 1. The quantitative estimate of drug-likeness (QED) is 0.490. The maximum atomic E-state index is 14.1. The zero-order valence-corrected chi connectivity index (χ0v) is 26.2. The van der Waals surface area contributed by atoms with Crippen molar-refractivity contribution < 1.29 is 33.7 Å². The van der Waals surface area contributed by atoms with E-state index >= 15 is 0 Å². The van der Waals surface area contributed by atoms with Crippen LogP contribution in [0.25, 0.3) is 11.0 Å². The Morgan fingerprint density at radius 2 is 1.84 bits per heavy atom. The summed E-state index contributed by atoms with van der Waals surface area (Å²) in [6.07, 6.45) is 3.82. The molecule has 5 atom stereocenters. The lowest BCUT2D eigenvalue weighted by atomic mass is 9.85. The minimum absolute atomic E-state index is 0.0339. The topological polar surface area (TPSA) is 140 Å². The molecule has 0 aliphatic carbocycles. The summed E-state index contributed by atoms with van der Waals surface area (Å²) in [5.41, 5.74) is 1.34. The monoisotopic (exact) mass is 598 g/mol. The fourth-order valence-electron chi connectivity index (χ4n) is 6.03. The van der Waals surface area contributed by atoms with Crippen LogP contribution in [0.3, 0.4) is 0 Å². The summed E-state index contributed by atoms with van der Waals surface area (Å²) in [5, 5.41) is 13.1. The van der Waals surface area contributed by atoms with Crippen molar-refractivity contribution in [1.82, 2.24) is 20.2 Å². The molecule has 2 bridgehead atoms. The van der Waals surface area contributed by atoms with Gasteiger partial charge >= 0.3 is 12.1 Å². The number of alkyl carbamates (subject to hydrolysis) is 1. The molecule has 0 spiro atoms. The highest BCUT2D eigenvalue weighted by Gasteiger charge is 2.51. The summed E-state index contributed by atoms with van der Waals surface area (Å²) in [5.74, 6) is -1.08. The fraction of sp³-hybridized carbons (Fsp3) is 0.656. The number of cyclic esters (lactones) is 1. The smallest absolute Gasteiger partial charge is 0.408 e. The largest absolute Gasteiger partial charge is 0.494 e. The third-order valence-corrected chi connectivity index (χ3v) is 8.31. The number of carboxylic acids is 1. The molecule has 3 heterocycles. The normalized spacial score (nSPS) is 26.0. The molecule has 43 heavy (non-hydrogen) atoms. The van der Waals surface area contributed by atoms with Crippen LogP contribution in [0.15, 0.2) is 18.2 Å². The number of fused-ring (bicyclic) bond motifs is 4. The number of benzene rings is 1. The van der Waals surface area contributed by atoms with Crippen LogP contribution in [-0.2, 0) is 20.7 Å². The van der Waals surface area contributed by atoms with Crippen molar-refractivity contribution >= 4 is 29.0 Å². The van der Waals surface area contributed by atoms with E-state index in [0.717, 1.165) is 31.2 Å². The third-order valence-electron chi connectivity index (χ3n) is 8.31. The van der Waals surface area contributed by atoms with Crippen LogP contribution < -0.4 is 14.8 Å². The molecule has 2 aliphatic rings. The highest BCUT2D eigenvalue weighted by molar-refractivity contribution is 5.90. The second-order valence-electron chi connectivity index (χ2n) is 12.7. The Balaban J connectivity index is 1.76. The molecular formula is C32H46N4O7. The Morgan fingerprint density at radius 3 is 2.51 bits per heavy atom. The summed E-state index contributed by atoms with van der Waals surface area (Å²) in [4.78, 5) is 50.7. The van der Waals surface area contributed by atoms with E-state index < -0.39 is 47.5 Å². The van der Waals surface area contributed by atoms with E-state index in [-0.39, 0.29) is 12.6 Å². The molecule has 11 nitrogen and oxygen atoms in total. The van der Waals surface area contributed by atoms with Crippen LogP contribution in [0.2, 0.25) is 0 Å². The van der Waals surface area contributed by atoms with E-state index in [4.69, 9.17) is 24.2 Å². The van der Waals surface area contributed by atoms with Crippen LogP contribution in [0, 0.1) is 11.3 Å². The van der Waals surface area contributed by atoms with Gasteiger partial charge in [-0.25, -0.2) is 19.6 Å². The number of nitrogens with zero attached hydrogens (tertiary/aromatic N) is 3. The molecule has 2 N–H and O–H groups in total. The first-order valence-electron chi connectivity index (χ1n) is 15.5. The highest BCUT2D eigenvalue weighted by Crippen LogP contribution is 2.35. The summed E-state index contributed by atoms with van der Waals surface area (Å²) in [6, 6.07) is 3.44. The number of carbonyl (C=O) groups excluding carboxylic acids is 2. The van der Waals surface area contributed by atoms with Crippen molar-refractivity contribution in [3.8, 4) is 11.6 Å². The maximum absolute atomic E-state index is 14.1. The number of aryl methyl sites for hydroxylation is 1. The van der Waals surface area contributed by atoms with E-state index in [1.165, 1.54) is 4.90 Å². The molecule has 0 radical (unpaired) electrons. The Bertz CT molecular complexity index is 1310. The number of hydrogen-bond donors (Lipinski definition) is 2. The lowest BCUT2D eigenvalue weighted by molar-refractivity contribution is -0.151. The number of aromatic nitrogens is 2. The van der Waals surface area contributed by atoms with Gasteiger partial charge in [0.25, 0.3) is 0 Å². The molecule has 2 amide bonds. The number of carbonyl (C=O) groups is 3. The Labute approximate surface area is 253 Å². The van der Waals surface area contributed by atoms with E-state index in [9.17, 15) is 19.5 Å². The van der Waals surface area contributed by atoms with E-state index in [2.05, 4.69) is 5.32 Å². The van der Waals surface area contributed by atoms with Gasteiger partial charge in [-0.2, -0.15) is 0 Å². The van der Waals surface area contributed by atoms with E-state index in [1.807, 2.05) is 59.7 Å². The van der Waals surface area contributed by atoms with Gasteiger partial charge in [0.05, 0.1) is 24.2 Å². The molecular weight excluding hydrogens is 552 g/mol. The number of ether oxygens (including phenoxy) is 3. The predicted octanol–water partition coefficient (Wildman–Crippen LogP) is 5.13. The van der Waals surface area contributed by atoms with Crippen LogP contribution in [-0.4, -0.2) is 75.4 Å². The van der Waals surface area contributed by atoms with Gasteiger partial charge in [-0.3, -0.25) is 4.79 Å². The van der Waals surface area contributed by atoms with Crippen molar-refractivity contribution in [2.75, 3.05) is 13.2 Å². The second-order valence-corrected chi connectivity index (χ2v) is 12.7. The molecule has 1 aromatic heterocycles. The number of hydrogen-bond acceptors (Lipinski definition) is 8. The zero-order valence-electron chi connectivity index (χ0n) is 26.2. The fourth-order valence-corrected chi connectivity index (χ4v) is 6.03. The summed E-state index contributed by atoms with van der Waals surface area (Å²) in [6.45, 7) is 11.7. The van der Waals surface area contributed by atoms with E-state index in [0.29, 0.717) is 48.7 Å². The van der Waals surface area contributed by atoms with Gasteiger partial charge < -0.3 is 29.5 Å². The van der Waals surface area contributed by atoms with Crippen molar-refractivity contribution in [2.45, 2.75) is 111 Å². The van der Waals surface area contributed by atoms with Crippen LogP contribution in [0.5, 0.6) is 11.6 Å². The lowest BCUT2D eigenvalue weighted by Gasteiger charge is -2.35. The van der Waals surface area contributed by atoms with Gasteiger partial charge in [-0.15, -0.1) is 0 Å². The SMILES string of the molecule is CCOc1ccc2nc3c(nc2c1)O[C@H]1CN(C(=O)[C@H](C(C)(C)C)NC(=O)O[C@H](C)CCCCCC3)[C@H](C(=O)O)[C@@H]1CC. The molecule has 4 rings (SSSR count). The van der Waals surface area contributed by atoms with Crippen molar-refractivity contribution in [1.29, 1.82) is 0 Å². The number of amides is 2. The molecule has 2 aromatic rings. The second kappa shape index (κ2) is 13.8. The van der Waals surface area contributed by atoms with Gasteiger partial charge in [-0.05, 0) is 63.5 Å². The molecule has 0 saturated carbocycles. The number of rotatable bonds is 4. The van der Waals surface area contributed by atoms with Crippen LogP contribution in [0.1, 0.15) is 85.8 Å². The van der Waals surface area contributed by atoms with Gasteiger partial charge in [0.1, 0.15) is 35.7 Å². The third kappa shape index (κ3) is 7.67. The molecule has 2 aliphatic heterocycles. The Kier molecular flexibility index (Phi) is 10.3. The van der Waals surface area contributed by atoms with Crippen LogP contribution in [0.4, 0.5) is 4.79 Å². The van der Waals surface area contributed by atoms with Crippen molar-refractivity contribution in [3.63, 3.8) is 0 Å². The molecule has 1 fully saturated rings. The average Bonchev–Trinajstić information content (AvgIpc) is 3.31. The standard InChI is InChI=1S/C32H46N4O7/c1-7-21-25-18-36(26(21)30(38)39)29(37)27(32(4,5)6)35-31(40)42-19(3)13-11-9-10-12-14-23-28(43-25)34-24-17-20(41-8-2)15-16-22(24)33-23/h15-17,19,21,25-27H,7-14,18H2,1-6H3,(H,35,40)(H,38,39)/t19-,21-,25+,26+,27-/m1/s1. The van der Waals surface area contributed by atoms with Gasteiger partial charge in [0.15, 0.2) is 0 Å². The van der Waals surface area contributed by atoms with Crippen molar-refractivity contribution in [3.05, 3.63) is 23.9 Å². The van der Waals surface area contributed by atoms with Crippen molar-refractivity contribution in [2.24, 2.45) is 11.3 Å². The average molecular weight is 599 g/mol. The van der Waals surface area contributed by atoms with Gasteiger partial charge in [-0.1, -0.05) is 40.5 Å².